The maximum absolute atomic E-state index is 13.1. The summed E-state index contributed by atoms with van der Waals surface area (Å²) in [6.45, 7) is 3.54. The van der Waals surface area contributed by atoms with Gasteiger partial charge in [-0.2, -0.15) is 0 Å². The van der Waals surface area contributed by atoms with Gasteiger partial charge in [0, 0.05) is 10.6 Å². The molecule has 0 radical (unpaired) electrons. The van der Waals surface area contributed by atoms with Crippen molar-refractivity contribution >= 4 is 44.8 Å². The summed E-state index contributed by atoms with van der Waals surface area (Å²) < 4.78 is 31.5. The standard InChI is InChI=1S/C20H24Cl2N2O4S/c1-5-17(20(25)23-13(2)15-8-6-7-9-19(15)28-3)24(29(4,26)27)18-12-14(21)10-11-16(18)22/h6-13,17H,5H2,1-4H3,(H,23,25)/t13-,17-/m1/s1. The molecule has 2 aromatic rings. The summed E-state index contributed by atoms with van der Waals surface area (Å²) in [5.74, 6) is 0.179. The number of methoxy groups -OCH3 is 1. The molecule has 0 aromatic heterocycles. The van der Waals surface area contributed by atoms with Crippen LogP contribution < -0.4 is 14.4 Å². The highest BCUT2D eigenvalue weighted by Crippen LogP contribution is 2.33. The molecule has 2 aromatic carbocycles. The van der Waals surface area contributed by atoms with Gasteiger partial charge in [-0.3, -0.25) is 9.10 Å². The highest BCUT2D eigenvalue weighted by atomic mass is 35.5. The van der Waals surface area contributed by atoms with Gasteiger partial charge in [0.2, 0.25) is 15.9 Å². The third-order valence-electron chi connectivity index (χ3n) is 4.44. The second kappa shape index (κ2) is 9.69. The van der Waals surface area contributed by atoms with Crippen LogP contribution in [-0.2, 0) is 14.8 Å². The molecule has 29 heavy (non-hydrogen) atoms. The van der Waals surface area contributed by atoms with Gasteiger partial charge in [0.05, 0.1) is 30.1 Å². The number of ether oxygens (including phenoxy) is 1. The van der Waals surface area contributed by atoms with Crippen molar-refractivity contribution in [3.05, 3.63) is 58.1 Å². The summed E-state index contributed by atoms with van der Waals surface area (Å²) >= 11 is 12.3. The van der Waals surface area contributed by atoms with Crippen LogP contribution in [-0.4, -0.2) is 33.7 Å². The van der Waals surface area contributed by atoms with Crippen LogP contribution >= 0.6 is 23.2 Å². The molecule has 9 heteroatoms. The second-order valence-corrected chi connectivity index (χ2v) is 9.25. The van der Waals surface area contributed by atoms with Crippen molar-refractivity contribution in [3.63, 3.8) is 0 Å². The zero-order chi connectivity index (χ0) is 21.8. The molecule has 0 saturated heterocycles. The molecule has 0 spiro atoms. The normalized spacial score (nSPS) is 13.4. The van der Waals surface area contributed by atoms with Crippen molar-refractivity contribution in [1.82, 2.24) is 5.32 Å². The Morgan fingerprint density at radius 1 is 1.21 bits per heavy atom. The van der Waals surface area contributed by atoms with Crippen LogP contribution in [0.3, 0.4) is 0 Å². The molecule has 158 valence electrons. The van der Waals surface area contributed by atoms with Crippen LogP contribution in [0.5, 0.6) is 5.75 Å². The minimum absolute atomic E-state index is 0.161. The molecule has 0 fully saturated rings. The van der Waals surface area contributed by atoms with E-state index in [4.69, 9.17) is 27.9 Å². The highest BCUT2D eigenvalue weighted by Gasteiger charge is 2.33. The van der Waals surface area contributed by atoms with E-state index in [-0.39, 0.29) is 17.1 Å². The Morgan fingerprint density at radius 3 is 2.45 bits per heavy atom. The second-order valence-electron chi connectivity index (χ2n) is 6.55. The maximum atomic E-state index is 13.1. The zero-order valence-corrected chi connectivity index (χ0v) is 19.0. The minimum atomic E-state index is -3.82. The van der Waals surface area contributed by atoms with Crippen molar-refractivity contribution in [2.45, 2.75) is 32.4 Å². The van der Waals surface area contributed by atoms with Crippen LogP contribution in [0.4, 0.5) is 5.69 Å². The first-order valence-corrected chi connectivity index (χ1v) is 11.6. The summed E-state index contributed by atoms with van der Waals surface area (Å²) in [5.41, 5.74) is 0.943. The molecule has 0 saturated carbocycles. The van der Waals surface area contributed by atoms with Crippen molar-refractivity contribution in [2.75, 3.05) is 17.7 Å². The van der Waals surface area contributed by atoms with E-state index in [2.05, 4.69) is 5.32 Å². The molecular formula is C20H24Cl2N2O4S. The predicted octanol–water partition coefficient (Wildman–Crippen LogP) is 4.42. The molecule has 0 aliphatic heterocycles. The lowest BCUT2D eigenvalue weighted by Crippen LogP contribution is -2.49. The Hall–Kier alpha value is -1.96. The van der Waals surface area contributed by atoms with Crippen molar-refractivity contribution < 1.29 is 17.9 Å². The summed E-state index contributed by atoms with van der Waals surface area (Å²) in [6, 6.07) is 10.4. The van der Waals surface area contributed by atoms with Gasteiger partial charge in [-0.05, 0) is 37.6 Å². The lowest BCUT2D eigenvalue weighted by atomic mass is 10.1. The van der Waals surface area contributed by atoms with E-state index < -0.39 is 28.0 Å². The van der Waals surface area contributed by atoms with Gasteiger partial charge < -0.3 is 10.1 Å². The molecule has 0 heterocycles. The number of rotatable bonds is 8. The fourth-order valence-corrected chi connectivity index (χ4v) is 4.74. The SMILES string of the molecule is CC[C@H](C(=O)N[C@H](C)c1ccccc1OC)N(c1cc(Cl)ccc1Cl)S(C)(=O)=O. The van der Waals surface area contributed by atoms with E-state index >= 15 is 0 Å². The maximum Gasteiger partial charge on any atom is 0.244 e. The van der Waals surface area contributed by atoms with Crippen LogP contribution in [0, 0.1) is 0 Å². The van der Waals surface area contributed by atoms with E-state index in [0.29, 0.717) is 10.8 Å². The summed E-state index contributed by atoms with van der Waals surface area (Å²) in [5, 5.41) is 3.38. The zero-order valence-electron chi connectivity index (χ0n) is 16.6. The highest BCUT2D eigenvalue weighted by molar-refractivity contribution is 7.92. The number of halogens is 2. The Morgan fingerprint density at radius 2 is 1.86 bits per heavy atom. The van der Waals surface area contributed by atoms with Gasteiger partial charge in [-0.25, -0.2) is 8.42 Å². The Labute approximate surface area is 181 Å². The lowest BCUT2D eigenvalue weighted by Gasteiger charge is -2.31. The topological polar surface area (TPSA) is 75.7 Å². The first-order valence-electron chi connectivity index (χ1n) is 8.97. The largest absolute Gasteiger partial charge is 0.496 e. The molecule has 1 amide bonds. The lowest BCUT2D eigenvalue weighted by molar-refractivity contribution is -0.122. The Balaban J connectivity index is 2.40. The monoisotopic (exact) mass is 458 g/mol. The molecule has 0 bridgehead atoms. The molecule has 2 rings (SSSR count). The van der Waals surface area contributed by atoms with E-state index in [9.17, 15) is 13.2 Å². The van der Waals surface area contributed by atoms with Gasteiger partial charge in [0.1, 0.15) is 11.8 Å². The van der Waals surface area contributed by atoms with Crippen LogP contribution in [0.15, 0.2) is 42.5 Å². The number of anilines is 1. The molecule has 1 N–H and O–H groups in total. The van der Waals surface area contributed by atoms with E-state index in [0.717, 1.165) is 16.1 Å². The minimum Gasteiger partial charge on any atom is -0.496 e. The van der Waals surface area contributed by atoms with Crippen LogP contribution in [0.1, 0.15) is 31.9 Å². The van der Waals surface area contributed by atoms with Crippen molar-refractivity contribution in [2.24, 2.45) is 0 Å². The van der Waals surface area contributed by atoms with Gasteiger partial charge in [0.15, 0.2) is 0 Å². The summed E-state index contributed by atoms with van der Waals surface area (Å²) in [7, 11) is -2.27. The van der Waals surface area contributed by atoms with Gasteiger partial charge in [-0.15, -0.1) is 0 Å². The first-order chi connectivity index (χ1) is 13.6. The number of carbonyl (C=O) groups is 1. The number of benzene rings is 2. The fourth-order valence-electron chi connectivity index (χ4n) is 3.10. The number of amides is 1. The molecule has 0 unspecified atom stereocenters. The van der Waals surface area contributed by atoms with Crippen LogP contribution in [0.2, 0.25) is 10.0 Å². The molecule has 2 atom stereocenters. The fraction of sp³-hybridized carbons (Fsp3) is 0.350. The number of nitrogens with zero attached hydrogens (tertiary/aromatic N) is 1. The van der Waals surface area contributed by atoms with Gasteiger partial charge in [0.25, 0.3) is 0 Å². The third-order valence-corrected chi connectivity index (χ3v) is 6.16. The molecule has 0 aliphatic rings. The Kier molecular flexibility index (Phi) is 7.80. The summed E-state index contributed by atoms with van der Waals surface area (Å²) in [6.07, 6.45) is 1.27. The van der Waals surface area contributed by atoms with E-state index in [1.54, 1.807) is 33.1 Å². The quantitative estimate of drug-likeness (QED) is 0.634. The van der Waals surface area contributed by atoms with Crippen molar-refractivity contribution in [3.8, 4) is 5.75 Å². The first kappa shape index (κ1) is 23.3. The van der Waals surface area contributed by atoms with E-state index in [1.165, 1.54) is 12.1 Å². The number of para-hydroxylation sites is 1. The third kappa shape index (κ3) is 5.56. The van der Waals surface area contributed by atoms with Gasteiger partial charge >= 0.3 is 0 Å². The number of nitrogens with one attached hydrogen (secondary N) is 1. The number of carbonyl (C=O) groups excluding carboxylic acids is 1. The average molecular weight is 459 g/mol. The molecule has 6 nitrogen and oxygen atoms in total. The Bertz CT molecular complexity index is 982. The molecular weight excluding hydrogens is 435 g/mol. The number of hydrogen-bond donors (Lipinski definition) is 1. The van der Waals surface area contributed by atoms with Crippen LogP contribution in [0.25, 0.3) is 0 Å². The average Bonchev–Trinajstić information content (AvgIpc) is 2.66. The van der Waals surface area contributed by atoms with E-state index in [1.807, 2.05) is 18.2 Å². The smallest absolute Gasteiger partial charge is 0.244 e. The predicted molar refractivity (Wildman–Crippen MR) is 117 cm³/mol. The number of sulfonamides is 1. The van der Waals surface area contributed by atoms with Crippen molar-refractivity contribution in [1.29, 1.82) is 0 Å². The number of hydrogen-bond acceptors (Lipinski definition) is 4. The molecule has 0 aliphatic carbocycles. The van der Waals surface area contributed by atoms with Gasteiger partial charge in [-0.1, -0.05) is 48.3 Å². The summed E-state index contributed by atoms with van der Waals surface area (Å²) in [4.78, 5) is 13.1.